The smallest absolute Gasteiger partial charge is 0.358 e. The quantitative estimate of drug-likeness (QED) is 0.0115. The SMILES string of the molecule is CCOC(=O)c1cc(C)[nH]n1.CCOC(=O)c1cc(C)nn1Cc1ccccc1.Cc1cc(=O)n(Cc2ccccc2)[nH]1.Cc1cc(COc2ccc(N)cc2)[n-]n1.Cc1cc(COc2ccc([N+](=O)[O-])cc2)n(Cc2ccccc2)n1.Cc1ccc(S(=O)(=O)Oc2cc(C)nn2Cc2ccccc2)cc1.ClCCl.O=[N+]([O-])c1ccc(O)cc1.[Y]. The molecule has 6 aromatic heterocycles. The summed E-state index contributed by atoms with van der Waals surface area (Å²) in [6.07, 6.45) is 0. The second-order valence-electron chi connectivity index (χ2n) is 25.8. The molecular weight excluding hydrogens is 1670 g/mol. The fourth-order valence-corrected chi connectivity index (χ4v) is 11.5. The predicted molar refractivity (Wildman–Crippen MR) is 453 cm³/mol. The van der Waals surface area contributed by atoms with E-state index in [1.54, 1.807) is 95.5 Å². The summed E-state index contributed by atoms with van der Waals surface area (Å²) in [5.41, 5.74) is 19.4. The van der Waals surface area contributed by atoms with Crippen molar-refractivity contribution in [2.45, 2.75) is 107 Å². The van der Waals surface area contributed by atoms with E-state index >= 15 is 0 Å². The number of alkyl halides is 2. The van der Waals surface area contributed by atoms with E-state index in [9.17, 15) is 43.0 Å². The van der Waals surface area contributed by atoms with Gasteiger partial charge in [-0.2, -0.15) is 28.8 Å². The zero-order valence-corrected chi connectivity index (χ0v) is 72.6. The largest absolute Gasteiger partial charge is 0.576 e. The number of aromatic nitrogens is 12. The van der Waals surface area contributed by atoms with Crippen molar-refractivity contribution in [3.63, 3.8) is 0 Å². The molecule has 1 radical (unpaired) electrons. The molecule has 14 rings (SSSR count). The Bertz CT molecular complexity index is 5600. The molecule has 30 nitrogen and oxygen atoms in total. The van der Waals surface area contributed by atoms with Crippen LogP contribution in [-0.4, -0.2) is 108 Å². The number of nitro benzene ring substituents is 2. The average molecular weight is 1770 g/mol. The van der Waals surface area contributed by atoms with Gasteiger partial charge in [0.25, 0.3) is 16.9 Å². The molecule has 0 unspecified atom stereocenters. The number of benzene rings is 8. The third-order valence-electron chi connectivity index (χ3n) is 16.0. The number of anilines is 1. The fourth-order valence-electron chi connectivity index (χ4n) is 10.5. The number of aryl methyl sites for hydroxylation is 7. The predicted octanol–water partition coefficient (Wildman–Crippen LogP) is 16.1. The van der Waals surface area contributed by atoms with Crippen molar-refractivity contribution in [1.29, 1.82) is 0 Å². The molecule has 0 amide bonds. The number of rotatable bonds is 23. The van der Waals surface area contributed by atoms with Gasteiger partial charge in [-0.05, 0) is 163 Å². The molecule has 0 aliphatic heterocycles. The molecule has 5 N–H and O–H groups in total. The van der Waals surface area contributed by atoms with Gasteiger partial charge >= 0.3 is 22.1 Å². The summed E-state index contributed by atoms with van der Waals surface area (Å²) in [6.45, 7) is 20.5. The number of phenols is 1. The first kappa shape index (κ1) is 96.0. The van der Waals surface area contributed by atoms with Crippen LogP contribution in [0.2, 0.25) is 0 Å². The number of carbonyl (C=O) groups is 2. The van der Waals surface area contributed by atoms with Crippen LogP contribution in [0.3, 0.4) is 0 Å². The fraction of sp³-hybridized carbons (Fsp3) is 0.209. The molecule has 0 fully saturated rings. The minimum Gasteiger partial charge on any atom is -0.576 e. The Hall–Kier alpha value is -12.8. The molecule has 34 heteroatoms. The van der Waals surface area contributed by atoms with Crippen molar-refractivity contribution in [2.75, 3.05) is 24.3 Å². The normalized spacial score (nSPS) is 10.2. The van der Waals surface area contributed by atoms with Crippen LogP contribution < -0.4 is 30.0 Å². The van der Waals surface area contributed by atoms with Gasteiger partial charge < -0.3 is 44.2 Å². The monoisotopic (exact) mass is 1770 g/mol. The van der Waals surface area contributed by atoms with Crippen molar-refractivity contribution in [3.8, 4) is 23.1 Å². The Morgan fingerprint density at radius 3 is 1.46 bits per heavy atom. The van der Waals surface area contributed by atoms with Gasteiger partial charge in [0.1, 0.15) is 34.4 Å². The molecule has 6 heterocycles. The zero-order chi connectivity index (χ0) is 86.2. The molecule has 0 saturated carbocycles. The number of non-ortho nitro benzene ring substituents is 2. The van der Waals surface area contributed by atoms with Gasteiger partial charge in [0, 0.05) is 91.9 Å². The Morgan fingerprint density at radius 2 is 0.983 bits per heavy atom. The first-order valence-electron chi connectivity index (χ1n) is 36.9. The number of nitro groups is 2. The number of ether oxygens (including phenoxy) is 4. The summed E-state index contributed by atoms with van der Waals surface area (Å²) in [6, 6.07) is 75.0. The summed E-state index contributed by atoms with van der Waals surface area (Å²) in [7, 11) is -3.89. The van der Waals surface area contributed by atoms with Crippen molar-refractivity contribution in [2.24, 2.45) is 0 Å². The second kappa shape index (κ2) is 50.1. The maximum atomic E-state index is 12.5. The van der Waals surface area contributed by atoms with Gasteiger partial charge in [-0.25, -0.2) is 19.0 Å². The van der Waals surface area contributed by atoms with Crippen LogP contribution in [-0.2, 0) is 91.7 Å². The van der Waals surface area contributed by atoms with Gasteiger partial charge in [-0.15, -0.1) is 28.9 Å². The Labute approximate surface area is 729 Å². The van der Waals surface area contributed by atoms with E-state index in [0.29, 0.717) is 75.4 Å². The van der Waals surface area contributed by atoms with Crippen LogP contribution in [0.1, 0.15) is 108 Å². The number of hydrogen-bond donors (Lipinski definition) is 4. The van der Waals surface area contributed by atoms with Gasteiger partial charge in [0.2, 0.25) is 5.88 Å². The summed E-state index contributed by atoms with van der Waals surface area (Å²) in [5, 5.41) is 60.0. The first-order valence-corrected chi connectivity index (χ1v) is 39.4. The molecule has 0 atom stereocenters. The molecule has 0 bridgehead atoms. The number of halogens is 2. The minimum atomic E-state index is -3.89. The number of nitrogens with zero attached hydrogens (tertiary/aromatic N) is 12. The first-order chi connectivity index (χ1) is 57.1. The molecule has 8 aromatic carbocycles. The summed E-state index contributed by atoms with van der Waals surface area (Å²) in [4.78, 5) is 54.0. The third-order valence-corrected chi connectivity index (χ3v) is 17.3. The summed E-state index contributed by atoms with van der Waals surface area (Å²) < 4.78 is 58.0. The number of hydrogen-bond acceptors (Lipinski definition) is 21. The minimum absolute atomic E-state index is 0. The van der Waals surface area contributed by atoms with E-state index in [-0.39, 0.29) is 83.4 Å². The number of carbonyl (C=O) groups excluding carboxylic acids is 2. The number of aromatic hydroxyl groups is 1. The van der Waals surface area contributed by atoms with Crippen molar-refractivity contribution >= 4 is 62.3 Å². The van der Waals surface area contributed by atoms with E-state index in [0.717, 1.165) is 79.1 Å². The van der Waals surface area contributed by atoms with E-state index in [1.165, 1.54) is 48.5 Å². The maximum Gasteiger partial charge on any atom is 0.358 e. The van der Waals surface area contributed by atoms with Crippen LogP contribution in [0.15, 0.2) is 264 Å². The number of esters is 2. The van der Waals surface area contributed by atoms with E-state index in [2.05, 4.69) is 52.9 Å². The van der Waals surface area contributed by atoms with Crippen LogP contribution >= 0.6 is 23.2 Å². The van der Waals surface area contributed by atoms with Gasteiger partial charge in [-0.1, -0.05) is 145 Å². The van der Waals surface area contributed by atoms with Crippen LogP contribution in [0.25, 0.3) is 0 Å². The Balaban J connectivity index is 0.000000220. The third kappa shape index (κ3) is 33.7. The molecule has 0 saturated heterocycles. The zero-order valence-electron chi connectivity index (χ0n) is 67.5. The molecule has 120 heavy (non-hydrogen) atoms. The number of nitrogens with two attached hydrogens (primary N) is 1. The van der Waals surface area contributed by atoms with E-state index in [4.69, 9.17) is 57.2 Å². The molecule has 14 aromatic rings. The van der Waals surface area contributed by atoms with Gasteiger partial charge in [-0.3, -0.25) is 44.6 Å². The Kier molecular flexibility index (Phi) is 40.1. The van der Waals surface area contributed by atoms with Crippen LogP contribution in [0, 0.1) is 68.7 Å². The van der Waals surface area contributed by atoms with E-state index < -0.39 is 20.0 Å². The number of nitrogens with one attached hydrogen (secondary N) is 2. The molecule has 625 valence electrons. The number of phenolic OH excluding ortho intramolecular Hbond substituents is 1. The average Bonchev–Trinajstić information content (AvgIpc) is 1.55. The van der Waals surface area contributed by atoms with Gasteiger partial charge in [0.15, 0.2) is 5.69 Å². The number of H-pyrrole nitrogens is 2. The van der Waals surface area contributed by atoms with Crippen LogP contribution in [0.5, 0.6) is 23.1 Å². The van der Waals surface area contributed by atoms with Crippen LogP contribution in [0.4, 0.5) is 17.1 Å². The topological polar surface area (TPSA) is 394 Å². The standard InChI is InChI=1S/C18H17N3O3.C18H18N2O3S.C14H16N2O2.C11H12N3O.C11H12N2O.C7H10N2O2.C6H5NO3.CH2Cl2.Y/c1-14-11-17(20(19-14)12-15-5-3-2-4-6-15)13-24-18-9-7-16(8-10-18)21(22)23;1-14-8-10-17(11-9-14)24(21,22)23-18-12-15(2)19-20(18)13-16-6-4-3-5-7-16;1-3-18-14(17)13-9-11(2)15-16(13)10-12-7-5-4-6-8-12;1-8-6-10(14-13-8)7-15-11-4-2-9(12)3-5-11;1-9-7-11(14)13(12-9)8-10-5-3-2-4-6-10;1-3-11-7(10)6-4-5(2)8-9-6;8-6-3-1-5(2-4-6)7(9)10;2-1-3;/h2-11H,12-13H2,1H3;3-12H,13H2,1-2H3;4-9H,3,10H2,1-2H3;2-6H,7,12H2,1H3;2-7,12H,8H2,1H3;4H,3H2,1-2H3,(H,8,9);1-4,8H;1H2;/q;;;-1;;;;;. The van der Waals surface area contributed by atoms with Gasteiger partial charge in [0.05, 0.1) is 84.0 Å². The Morgan fingerprint density at radius 1 is 0.533 bits per heavy atom. The maximum absolute atomic E-state index is 12.5. The summed E-state index contributed by atoms with van der Waals surface area (Å²) >= 11 is 9.53. The number of aromatic amines is 2. The number of nitrogen functional groups attached to an aromatic ring is 1. The second-order valence-corrected chi connectivity index (χ2v) is 28.2. The molecular formula is C86H92Cl2N15O15SY-. The van der Waals surface area contributed by atoms with E-state index in [1.807, 2.05) is 180 Å². The summed E-state index contributed by atoms with van der Waals surface area (Å²) in [5.74, 6) is 0.906. The molecule has 0 aliphatic carbocycles. The van der Waals surface area contributed by atoms with Crippen molar-refractivity contribution in [1.82, 2.24) is 59.5 Å². The van der Waals surface area contributed by atoms with Crippen molar-refractivity contribution < 1.29 is 88.8 Å². The molecule has 0 spiro atoms. The van der Waals surface area contributed by atoms with Crippen molar-refractivity contribution in [3.05, 3.63) is 370 Å². The molecule has 0 aliphatic rings.